The summed E-state index contributed by atoms with van der Waals surface area (Å²) < 4.78 is 23.5. The van der Waals surface area contributed by atoms with Gasteiger partial charge in [-0.1, -0.05) is 11.6 Å². The van der Waals surface area contributed by atoms with E-state index >= 15 is 0 Å². The van der Waals surface area contributed by atoms with Gasteiger partial charge in [-0.15, -0.1) is 0 Å². The Hall–Kier alpha value is -1.86. The van der Waals surface area contributed by atoms with Crippen LogP contribution in [0.4, 0.5) is 4.39 Å². The van der Waals surface area contributed by atoms with Gasteiger partial charge in [-0.3, -0.25) is 4.79 Å². The number of aliphatic carboxylic acids is 1. The van der Waals surface area contributed by atoms with Gasteiger partial charge in [-0.2, -0.15) is 0 Å². The SMILES string of the molecule is C[C@H](Oc1ccc(F)cc1Cl)C(=O)N1CCO[C@@H](C(=O)O)C1. The van der Waals surface area contributed by atoms with Crippen molar-refractivity contribution in [2.24, 2.45) is 0 Å². The fourth-order valence-corrected chi connectivity index (χ4v) is 2.28. The molecule has 1 saturated heterocycles. The predicted octanol–water partition coefficient (Wildman–Crippen LogP) is 1.56. The van der Waals surface area contributed by atoms with Gasteiger partial charge in [0.05, 0.1) is 18.2 Å². The molecule has 1 aromatic carbocycles. The Labute approximate surface area is 131 Å². The molecular formula is C14H15ClFNO5. The molecule has 2 atom stereocenters. The molecule has 0 radical (unpaired) electrons. The number of carbonyl (C=O) groups is 2. The number of benzene rings is 1. The molecule has 8 heteroatoms. The first-order valence-corrected chi connectivity index (χ1v) is 7.01. The van der Waals surface area contributed by atoms with Crippen molar-refractivity contribution >= 4 is 23.5 Å². The topological polar surface area (TPSA) is 76.1 Å². The van der Waals surface area contributed by atoms with Gasteiger partial charge in [0.2, 0.25) is 0 Å². The summed E-state index contributed by atoms with van der Waals surface area (Å²) in [5, 5.41) is 8.99. The number of halogens is 2. The summed E-state index contributed by atoms with van der Waals surface area (Å²) in [6.45, 7) is 1.91. The number of morpholine rings is 1. The molecule has 1 amide bonds. The van der Waals surface area contributed by atoms with Crippen molar-refractivity contribution in [2.45, 2.75) is 19.1 Å². The van der Waals surface area contributed by atoms with Crippen LogP contribution in [0.3, 0.4) is 0 Å². The molecule has 1 heterocycles. The third-order valence-electron chi connectivity index (χ3n) is 3.20. The van der Waals surface area contributed by atoms with Gasteiger partial charge in [0, 0.05) is 6.54 Å². The van der Waals surface area contributed by atoms with Crippen LogP contribution in [0.5, 0.6) is 5.75 Å². The van der Waals surface area contributed by atoms with Crippen molar-refractivity contribution < 1.29 is 28.6 Å². The molecule has 0 aliphatic carbocycles. The summed E-state index contributed by atoms with van der Waals surface area (Å²) in [5.74, 6) is -1.82. The number of ether oxygens (including phenoxy) is 2. The minimum Gasteiger partial charge on any atom is -0.479 e. The molecule has 1 fully saturated rings. The van der Waals surface area contributed by atoms with E-state index in [4.69, 9.17) is 26.2 Å². The van der Waals surface area contributed by atoms with Crippen LogP contribution in [0.2, 0.25) is 5.02 Å². The lowest BCUT2D eigenvalue weighted by atomic mass is 10.2. The molecule has 22 heavy (non-hydrogen) atoms. The van der Waals surface area contributed by atoms with Gasteiger partial charge in [-0.05, 0) is 25.1 Å². The van der Waals surface area contributed by atoms with E-state index in [1.807, 2.05) is 0 Å². The Morgan fingerprint density at radius 2 is 2.27 bits per heavy atom. The Morgan fingerprint density at radius 3 is 2.91 bits per heavy atom. The Morgan fingerprint density at radius 1 is 1.55 bits per heavy atom. The summed E-state index contributed by atoms with van der Waals surface area (Å²) in [6.07, 6.45) is -1.92. The van der Waals surface area contributed by atoms with Crippen molar-refractivity contribution in [3.8, 4) is 5.75 Å². The highest BCUT2D eigenvalue weighted by Crippen LogP contribution is 2.26. The van der Waals surface area contributed by atoms with Crippen LogP contribution >= 0.6 is 11.6 Å². The zero-order valence-electron chi connectivity index (χ0n) is 11.8. The normalized spacial score (nSPS) is 19.6. The molecule has 6 nitrogen and oxygen atoms in total. The van der Waals surface area contributed by atoms with Crippen LogP contribution in [0.25, 0.3) is 0 Å². The van der Waals surface area contributed by atoms with Gasteiger partial charge in [0.25, 0.3) is 5.91 Å². The first-order chi connectivity index (χ1) is 10.4. The first-order valence-electron chi connectivity index (χ1n) is 6.63. The number of rotatable bonds is 4. The van der Waals surface area contributed by atoms with Crippen molar-refractivity contribution in [3.05, 3.63) is 29.0 Å². The highest BCUT2D eigenvalue weighted by molar-refractivity contribution is 6.32. The molecule has 2 rings (SSSR count). The zero-order chi connectivity index (χ0) is 16.3. The first kappa shape index (κ1) is 16.5. The second-order valence-electron chi connectivity index (χ2n) is 4.82. The van der Waals surface area contributed by atoms with E-state index in [2.05, 4.69) is 0 Å². The zero-order valence-corrected chi connectivity index (χ0v) is 12.5. The number of carbonyl (C=O) groups excluding carboxylic acids is 1. The molecule has 0 bridgehead atoms. The van der Waals surface area contributed by atoms with Crippen molar-refractivity contribution in [1.29, 1.82) is 0 Å². The lowest BCUT2D eigenvalue weighted by Gasteiger charge is -2.32. The number of nitrogens with zero attached hydrogens (tertiary/aromatic N) is 1. The molecule has 1 aliphatic heterocycles. The molecule has 1 aliphatic rings. The number of carboxylic acids is 1. The molecule has 0 aromatic heterocycles. The summed E-state index contributed by atoms with van der Waals surface area (Å²) in [6, 6.07) is 3.59. The van der Waals surface area contributed by atoms with Crippen LogP contribution < -0.4 is 4.74 Å². The standard InChI is InChI=1S/C14H15ClFNO5/c1-8(22-11-3-2-9(16)6-10(11)15)13(18)17-4-5-21-12(7-17)14(19)20/h2-3,6,8,12H,4-5,7H2,1H3,(H,19,20)/t8-,12+/m0/s1. The maximum atomic E-state index is 13.0. The second kappa shape index (κ2) is 6.93. The van der Waals surface area contributed by atoms with Gasteiger partial charge in [0.1, 0.15) is 11.6 Å². The molecule has 1 aromatic rings. The minimum absolute atomic E-state index is 0.0426. The average molecular weight is 332 g/mol. The summed E-state index contributed by atoms with van der Waals surface area (Å²) in [5.41, 5.74) is 0. The number of hydrogen-bond acceptors (Lipinski definition) is 4. The van der Waals surface area contributed by atoms with Crippen molar-refractivity contribution in [3.63, 3.8) is 0 Å². The quantitative estimate of drug-likeness (QED) is 0.906. The molecule has 0 saturated carbocycles. The van der Waals surface area contributed by atoms with Gasteiger partial charge in [-0.25, -0.2) is 9.18 Å². The van der Waals surface area contributed by atoms with E-state index in [-0.39, 0.29) is 36.4 Å². The molecule has 120 valence electrons. The van der Waals surface area contributed by atoms with Crippen LogP contribution in [-0.4, -0.2) is 53.8 Å². The van der Waals surface area contributed by atoms with Gasteiger partial charge < -0.3 is 19.5 Å². The van der Waals surface area contributed by atoms with Crippen LogP contribution in [0.1, 0.15) is 6.92 Å². The van der Waals surface area contributed by atoms with E-state index in [0.717, 1.165) is 6.07 Å². The third kappa shape index (κ3) is 3.86. The summed E-state index contributed by atoms with van der Waals surface area (Å²) in [7, 11) is 0. The molecule has 1 N–H and O–H groups in total. The number of amides is 1. The second-order valence-corrected chi connectivity index (χ2v) is 5.22. The maximum absolute atomic E-state index is 13.0. The average Bonchev–Trinajstić information content (AvgIpc) is 2.49. The summed E-state index contributed by atoms with van der Waals surface area (Å²) in [4.78, 5) is 24.6. The highest BCUT2D eigenvalue weighted by Gasteiger charge is 2.31. The Kier molecular flexibility index (Phi) is 5.20. The van der Waals surface area contributed by atoms with E-state index in [9.17, 15) is 14.0 Å². The number of hydrogen-bond donors (Lipinski definition) is 1. The van der Waals surface area contributed by atoms with E-state index < -0.39 is 24.0 Å². The van der Waals surface area contributed by atoms with Gasteiger partial charge in [0.15, 0.2) is 12.2 Å². The fourth-order valence-electron chi connectivity index (χ4n) is 2.07. The van der Waals surface area contributed by atoms with E-state index in [1.54, 1.807) is 0 Å². The molecule has 0 spiro atoms. The Bertz CT molecular complexity index is 582. The largest absolute Gasteiger partial charge is 0.479 e. The van der Waals surface area contributed by atoms with Crippen molar-refractivity contribution in [1.82, 2.24) is 4.90 Å². The van der Waals surface area contributed by atoms with Gasteiger partial charge >= 0.3 is 5.97 Å². The molecular weight excluding hydrogens is 317 g/mol. The molecule has 0 unspecified atom stereocenters. The third-order valence-corrected chi connectivity index (χ3v) is 3.49. The van der Waals surface area contributed by atoms with Crippen LogP contribution in [0, 0.1) is 5.82 Å². The Balaban J connectivity index is 2.01. The van der Waals surface area contributed by atoms with Crippen molar-refractivity contribution in [2.75, 3.05) is 19.7 Å². The predicted molar refractivity (Wildman–Crippen MR) is 75.5 cm³/mol. The minimum atomic E-state index is -1.12. The van der Waals surface area contributed by atoms with E-state index in [1.165, 1.54) is 24.0 Å². The fraction of sp³-hybridized carbons (Fsp3) is 0.429. The van der Waals surface area contributed by atoms with Crippen LogP contribution in [-0.2, 0) is 14.3 Å². The lowest BCUT2D eigenvalue weighted by molar-refractivity contribution is -0.161. The summed E-state index contributed by atoms with van der Waals surface area (Å²) >= 11 is 5.84. The smallest absolute Gasteiger partial charge is 0.334 e. The van der Waals surface area contributed by atoms with Crippen LogP contribution in [0.15, 0.2) is 18.2 Å². The number of carboxylic acid groups (broad SMARTS) is 1. The highest BCUT2D eigenvalue weighted by atomic mass is 35.5. The monoisotopic (exact) mass is 331 g/mol. The lowest BCUT2D eigenvalue weighted by Crippen LogP contribution is -2.51. The van der Waals surface area contributed by atoms with E-state index in [0.29, 0.717) is 0 Å². The maximum Gasteiger partial charge on any atom is 0.334 e.